The molecule has 5 nitrogen and oxygen atoms in total. The lowest BCUT2D eigenvalue weighted by Gasteiger charge is -2.13. The van der Waals surface area contributed by atoms with Crippen molar-refractivity contribution in [3.8, 4) is 11.4 Å². The number of carbonyl (C=O) groups excluding carboxylic acids is 1. The van der Waals surface area contributed by atoms with Crippen molar-refractivity contribution in [3.05, 3.63) is 47.2 Å². The Labute approximate surface area is 141 Å². The first-order chi connectivity index (χ1) is 11.3. The van der Waals surface area contributed by atoms with Crippen LogP contribution in [0.15, 0.2) is 52.3 Å². The van der Waals surface area contributed by atoms with Gasteiger partial charge in [0.1, 0.15) is 4.75 Å². The van der Waals surface area contributed by atoms with Crippen LogP contribution in [0.2, 0.25) is 0 Å². The number of aromatic nitrogens is 3. The molecule has 0 spiro atoms. The zero-order chi connectivity index (χ0) is 15.7. The molecule has 4 rings (SSSR count). The van der Waals surface area contributed by atoms with Gasteiger partial charge in [-0.3, -0.25) is 4.79 Å². The molecule has 0 radical (unpaired) electrons. The smallest absolute Gasteiger partial charge is 0.241 e. The third-order valence-electron chi connectivity index (χ3n) is 3.70. The van der Waals surface area contributed by atoms with Crippen LogP contribution in [0.3, 0.4) is 0 Å². The van der Waals surface area contributed by atoms with Gasteiger partial charge in [0.15, 0.2) is 11.0 Å². The number of amides is 1. The van der Waals surface area contributed by atoms with Crippen molar-refractivity contribution in [1.29, 1.82) is 0 Å². The van der Waals surface area contributed by atoms with Crippen molar-refractivity contribution in [3.63, 3.8) is 0 Å². The maximum absolute atomic E-state index is 12.5. The normalized spacial score (nSPS) is 15.3. The van der Waals surface area contributed by atoms with E-state index in [0.717, 1.165) is 29.9 Å². The second-order valence-corrected chi connectivity index (χ2v) is 7.56. The van der Waals surface area contributed by atoms with Gasteiger partial charge in [-0.05, 0) is 36.4 Å². The molecule has 0 atom stereocenters. The first kappa shape index (κ1) is 14.5. The predicted molar refractivity (Wildman–Crippen MR) is 92.6 cm³/mol. The number of benzene rings is 1. The third kappa shape index (κ3) is 3.02. The average Bonchev–Trinajstić information content (AvgIpc) is 2.98. The second-order valence-electron chi connectivity index (χ2n) is 5.41. The molecule has 1 fully saturated rings. The van der Waals surface area contributed by atoms with Gasteiger partial charge in [-0.1, -0.05) is 30.0 Å². The van der Waals surface area contributed by atoms with E-state index in [-0.39, 0.29) is 5.91 Å². The minimum Gasteiger partial charge on any atom is -0.325 e. The van der Waals surface area contributed by atoms with Crippen LogP contribution in [-0.2, 0) is 4.79 Å². The number of rotatable bonds is 5. The van der Waals surface area contributed by atoms with Crippen LogP contribution < -0.4 is 5.32 Å². The maximum atomic E-state index is 12.5. The fraction of sp³-hybridized carbons (Fsp3) is 0.188. The van der Waals surface area contributed by atoms with Gasteiger partial charge in [-0.2, -0.15) is 11.3 Å². The molecule has 1 amide bonds. The summed E-state index contributed by atoms with van der Waals surface area (Å²) < 4.78 is -0.429. The van der Waals surface area contributed by atoms with Crippen LogP contribution in [0.25, 0.3) is 11.4 Å². The largest absolute Gasteiger partial charge is 0.325 e. The summed E-state index contributed by atoms with van der Waals surface area (Å²) >= 11 is 3.08. The Morgan fingerprint density at radius 2 is 2.04 bits per heavy atom. The van der Waals surface area contributed by atoms with Gasteiger partial charge in [0.25, 0.3) is 0 Å². The molecule has 0 bridgehead atoms. The van der Waals surface area contributed by atoms with Crippen molar-refractivity contribution in [2.24, 2.45) is 0 Å². The minimum absolute atomic E-state index is 0.0298. The molecule has 2 aromatic heterocycles. The quantitative estimate of drug-likeness (QED) is 0.740. The zero-order valence-electron chi connectivity index (χ0n) is 12.2. The maximum Gasteiger partial charge on any atom is 0.241 e. The van der Waals surface area contributed by atoms with Gasteiger partial charge in [0.2, 0.25) is 5.91 Å². The average molecular weight is 342 g/mol. The highest BCUT2D eigenvalue weighted by Crippen LogP contribution is 2.51. The fourth-order valence-electron chi connectivity index (χ4n) is 2.26. The summed E-state index contributed by atoms with van der Waals surface area (Å²) in [5, 5.41) is 16.0. The van der Waals surface area contributed by atoms with E-state index in [9.17, 15) is 4.79 Å². The summed E-state index contributed by atoms with van der Waals surface area (Å²) in [5.41, 5.74) is 1.84. The monoisotopic (exact) mass is 342 g/mol. The molecule has 0 aliphatic heterocycles. The Hall–Kier alpha value is -2.12. The zero-order valence-corrected chi connectivity index (χ0v) is 13.8. The number of nitrogens with one attached hydrogen (secondary N) is 2. The summed E-state index contributed by atoms with van der Waals surface area (Å²) in [4.78, 5) is 15.7. The molecule has 0 unspecified atom stereocenters. The number of hydrogen-bond acceptors (Lipinski definition) is 5. The lowest BCUT2D eigenvalue weighted by molar-refractivity contribution is -0.116. The summed E-state index contributed by atoms with van der Waals surface area (Å²) in [6.07, 6.45) is 1.70. The molecule has 1 aromatic carbocycles. The number of thiophene rings is 1. The van der Waals surface area contributed by atoms with E-state index in [4.69, 9.17) is 0 Å². The highest BCUT2D eigenvalue weighted by molar-refractivity contribution is 8.01. The first-order valence-corrected chi connectivity index (χ1v) is 9.02. The predicted octanol–water partition coefficient (Wildman–Crippen LogP) is 3.80. The van der Waals surface area contributed by atoms with Gasteiger partial charge >= 0.3 is 0 Å². The number of nitrogens with zero attached hydrogens (tertiary/aromatic N) is 2. The number of hydrogen-bond donors (Lipinski definition) is 2. The molecule has 1 aliphatic carbocycles. The Bertz CT molecular complexity index is 810. The molecule has 0 saturated heterocycles. The van der Waals surface area contributed by atoms with Gasteiger partial charge in [0.05, 0.1) is 0 Å². The molecule has 1 aliphatic rings. The molecule has 23 heavy (non-hydrogen) atoms. The number of H-pyrrole nitrogens is 1. The Balaban J connectivity index is 1.47. The van der Waals surface area contributed by atoms with Crippen LogP contribution in [0.1, 0.15) is 12.8 Å². The summed E-state index contributed by atoms with van der Waals surface area (Å²) in [6.45, 7) is 0. The Morgan fingerprint density at radius 3 is 2.74 bits per heavy atom. The molecular formula is C16H14N4OS2. The minimum atomic E-state index is -0.429. The fourth-order valence-corrected chi connectivity index (χ4v) is 3.95. The lowest BCUT2D eigenvalue weighted by atomic mass is 10.3. The SMILES string of the molecule is O=C(Nc1ccccc1)C1(Sc2nnc(-c3ccsc3)[nH]2)CC1. The van der Waals surface area contributed by atoms with Gasteiger partial charge < -0.3 is 10.3 Å². The van der Waals surface area contributed by atoms with E-state index in [1.54, 1.807) is 11.3 Å². The molecular weight excluding hydrogens is 328 g/mol. The van der Waals surface area contributed by atoms with E-state index >= 15 is 0 Å². The highest BCUT2D eigenvalue weighted by atomic mass is 32.2. The molecule has 116 valence electrons. The standard InChI is InChI=1S/C16H14N4OS2/c21-14(17-12-4-2-1-3-5-12)16(7-8-16)23-15-18-13(19-20-15)11-6-9-22-10-11/h1-6,9-10H,7-8H2,(H,17,21)(H,18,19,20). The van der Waals surface area contributed by atoms with E-state index in [1.807, 2.05) is 47.2 Å². The topological polar surface area (TPSA) is 70.7 Å². The van der Waals surface area contributed by atoms with E-state index in [2.05, 4.69) is 20.5 Å². The van der Waals surface area contributed by atoms with Crippen molar-refractivity contribution < 1.29 is 4.79 Å². The lowest BCUT2D eigenvalue weighted by Crippen LogP contribution is -2.26. The second kappa shape index (κ2) is 5.82. The number of carbonyl (C=O) groups is 1. The van der Waals surface area contributed by atoms with Crippen molar-refractivity contribution >= 4 is 34.7 Å². The van der Waals surface area contributed by atoms with Gasteiger partial charge in [0, 0.05) is 16.6 Å². The molecule has 3 aromatic rings. The van der Waals surface area contributed by atoms with Crippen LogP contribution >= 0.6 is 23.1 Å². The molecule has 1 saturated carbocycles. The highest BCUT2D eigenvalue weighted by Gasteiger charge is 2.51. The third-order valence-corrected chi connectivity index (χ3v) is 5.75. The van der Waals surface area contributed by atoms with E-state index < -0.39 is 4.75 Å². The van der Waals surface area contributed by atoms with Crippen molar-refractivity contribution in [2.75, 3.05) is 5.32 Å². The Kier molecular flexibility index (Phi) is 3.66. The summed E-state index contributed by atoms with van der Waals surface area (Å²) in [5.74, 6) is 0.773. The van der Waals surface area contributed by atoms with E-state index in [1.165, 1.54) is 11.8 Å². The van der Waals surface area contributed by atoms with Crippen LogP contribution in [0, 0.1) is 0 Å². The molecule has 2 heterocycles. The number of aromatic amines is 1. The van der Waals surface area contributed by atoms with E-state index in [0.29, 0.717) is 5.16 Å². The number of anilines is 1. The van der Waals surface area contributed by atoms with Gasteiger partial charge in [-0.25, -0.2) is 0 Å². The van der Waals surface area contributed by atoms with Gasteiger partial charge in [-0.15, -0.1) is 10.2 Å². The van der Waals surface area contributed by atoms with Crippen LogP contribution in [0.5, 0.6) is 0 Å². The number of thioether (sulfide) groups is 1. The molecule has 7 heteroatoms. The molecule has 2 N–H and O–H groups in total. The summed E-state index contributed by atoms with van der Waals surface area (Å²) in [7, 11) is 0. The van der Waals surface area contributed by atoms with Crippen molar-refractivity contribution in [2.45, 2.75) is 22.7 Å². The number of para-hydroxylation sites is 1. The Morgan fingerprint density at radius 1 is 1.22 bits per heavy atom. The first-order valence-electron chi connectivity index (χ1n) is 7.26. The summed E-state index contributed by atoms with van der Waals surface area (Å²) in [6, 6.07) is 11.5. The van der Waals surface area contributed by atoms with Crippen molar-refractivity contribution in [1.82, 2.24) is 15.2 Å². The van der Waals surface area contributed by atoms with Crippen LogP contribution in [0.4, 0.5) is 5.69 Å². The van der Waals surface area contributed by atoms with Crippen LogP contribution in [-0.4, -0.2) is 25.8 Å².